The van der Waals surface area contributed by atoms with Crippen LogP contribution < -0.4 is 5.32 Å². The molecular weight excluding hydrogens is 276 g/mol. The second kappa shape index (κ2) is 8.30. The number of nitrogens with one attached hydrogen (secondary N) is 1. The second-order valence-corrected chi connectivity index (χ2v) is 8.17. The van der Waals surface area contributed by atoms with Gasteiger partial charge in [-0.25, -0.2) is 0 Å². The third kappa shape index (κ3) is 5.72. The zero-order valence-corrected chi connectivity index (χ0v) is 14.8. The Labute approximate surface area is 134 Å². The summed E-state index contributed by atoms with van der Waals surface area (Å²) in [6.07, 6.45) is 7.05. The Kier molecular flexibility index (Phi) is 6.72. The van der Waals surface area contributed by atoms with Crippen LogP contribution in [0.3, 0.4) is 0 Å². The minimum absolute atomic E-state index is 0.498. The molecule has 1 saturated carbocycles. The molecule has 21 heavy (non-hydrogen) atoms. The first-order valence-electron chi connectivity index (χ1n) is 8.50. The van der Waals surface area contributed by atoms with Gasteiger partial charge in [0, 0.05) is 19.6 Å². The largest absolute Gasteiger partial charge is 0.316 e. The molecule has 0 saturated heterocycles. The van der Waals surface area contributed by atoms with Crippen molar-refractivity contribution in [2.24, 2.45) is 11.3 Å². The number of hydrogen-bond donors (Lipinski definition) is 1. The van der Waals surface area contributed by atoms with E-state index in [0.29, 0.717) is 5.41 Å². The Morgan fingerprint density at radius 3 is 2.67 bits per heavy atom. The molecule has 0 spiro atoms. The first-order chi connectivity index (χ1) is 10.1. The Balaban J connectivity index is 1.88. The maximum Gasteiger partial charge on any atom is 0.0239 e. The van der Waals surface area contributed by atoms with Crippen LogP contribution in [0.25, 0.3) is 0 Å². The molecule has 1 aliphatic carbocycles. The van der Waals surface area contributed by atoms with Gasteiger partial charge in [-0.3, -0.25) is 0 Å². The average molecular weight is 309 g/mol. The molecule has 1 aromatic heterocycles. The van der Waals surface area contributed by atoms with Crippen molar-refractivity contribution in [1.29, 1.82) is 0 Å². The highest BCUT2D eigenvalue weighted by molar-refractivity contribution is 7.07. The van der Waals surface area contributed by atoms with Gasteiger partial charge in [0.2, 0.25) is 0 Å². The second-order valence-electron chi connectivity index (χ2n) is 7.39. The van der Waals surface area contributed by atoms with Gasteiger partial charge in [-0.1, -0.05) is 33.1 Å². The fourth-order valence-electron chi connectivity index (χ4n) is 3.64. The van der Waals surface area contributed by atoms with Crippen molar-refractivity contribution >= 4 is 11.3 Å². The minimum Gasteiger partial charge on any atom is -0.316 e. The molecule has 0 amide bonds. The zero-order valence-electron chi connectivity index (χ0n) is 14.0. The van der Waals surface area contributed by atoms with E-state index in [1.165, 1.54) is 50.8 Å². The van der Waals surface area contributed by atoms with Gasteiger partial charge in [-0.15, -0.1) is 0 Å². The van der Waals surface area contributed by atoms with Crippen molar-refractivity contribution in [3.8, 4) is 0 Å². The smallest absolute Gasteiger partial charge is 0.0239 e. The van der Waals surface area contributed by atoms with Crippen LogP contribution in [0.1, 0.15) is 51.5 Å². The van der Waals surface area contributed by atoms with E-state index in [1.807, 2.05) is 0 Å². The summed E-state index contributed by atoms with van der Waals surface area (Å²) in [6, 6.07) is 2.26. The average Bonchev–Trinajstić information content (AvgIpc) is 2.91. The molecule has 1 fully saturated rings. The molecule has 1 aliphatic rings. The van der Waals surface area contributed by atoms with Gasteiger partial charge in [0.15, 0.2) is 0 Å². The number of nitrogens with zero attached hydrogens (tertiary/aromatic N) is 1. The Bertz CT molecular complexity index is 380. The summed E-state index contributed by atoms with van der Waals surface area (Å²) in [5, 5.41) is 8.20. The molecule has 2 rings (SSSR count). The van der Waals surface area contributed by atoms with Gasteiger partial charge in [0.25, 0.3) is 0 Å². The van der Waals surface area contributed by atoms with Crippen molar-refractivity contribution in [2.45, 2.75) is 52.5 Å². The van der Waals surface area contributed by atoms with E-state index in [1.54, 1.807) is 11.3 Å². The lowest BCUT2D eigenvalue weighted by Gasteiger charge is -2.40. The predicted molar refractivity (Wildman–Crippen MR) is 93.9 cm³/mol. The molecule has 0 radical (unpaired) electrons. The van der Waals surface area contributed by atoms with Crippen LogP contribution in [0.2, 0.25) is 0 Å². The molecular formula is C18H32N2S. The number of hydrogen-bond acceptors (Lipinski definition) is 3. The van der Waals surface area contributed by atoms with Gasteiger partial charge in [-0.05, 0) is 60.2 Å². The first-order valence-corrected chi connectivity index (χ1v) is 9.44. The summed E-state index contributed by atoms with van der Waals surface area (Å²) in [7, 11) is 2.29. The van der Waals surface area contributed by atoms with Crippen molar-refractivity contribution in [2.75, 3.05) is 26.7 Å². The standard InChI is InChI=1S/C18H32N2S/c1-16(2)11-19-14-18(8-5-4-6-9-18)15-20(3)12-17-7-10-21-13-17/h7,10,13,16,19H,4-6,8-9,11-12,14-15H2,1-3H3. The highest BCUT2D eigenvalue weighted by Gasteiger charge is 2.32. The normalized spacial score (nSPS) is 18.5. The van der Waals surface area contributed by atoms with Gasteiger partial charge in [0.1, 0.15) is 0 Å². The van der Waals surface area contributed by atoms with Gasteiger partial charge >= 0.3 is 0 Å². The third-order valence-corrected chi connectivity index (χ3v) is 5.34. The Hall–Kier alpha value is -0.380. The number of rotatable bonds is 8. The lowest BCUT2D eigenvalue weighted by atomic mass is 9.73. The molecule has 1 N–H and O–H groups in total. The SMILES string of the molecule is CC(C)CNCC1(CN(C)Cc2ccsc2)CCCCC1. The maximum absolute atomic E-state index is 3.73. The van der Waals surface area contributed by atoms with Crippen LogP contribution in [0, 0.1) is 11.3 Å². The van der Waals surface area contributed by atoms with E-state index in [9.17, 15) is 0 Å². The van der Waals surface area contributed by atoms with Crippen molar-refractivity contribution < 1.29 is 0 Å². The van der Waals surface area contributed by atoms with E-state index in [-0.39, 0.29) is 0 Å². The molecule has 2 nitrogen and oxygen atoms in total. The van der Waals surface area contributed by atoms with E-state index >= 15 is 0 Å². The zero-order chi connectivity index (χ0) is 15.1. The predicted octanol–water partition coefficient (Wildman–Crippen LogP) is 4.38. The van der Waals surface area contributed by atoms with E-state index in [2.05, 4.69) is 47.9 Å². The van der Waals surface area contributed by atoms with Crippen LogP contribution in [0.4, 0.5) is 0 Å². The highest BCUT2D eigenvalue weighted by Crippen LogP contribution is 2.36. The third-order valence-electron chi connectivity index (χ3n) is 4.60. The minimum atomic E-state index is 0.498. The summed E-state index contributed by atoms with van der Waals surface area (Å²) in [5.74, 6) is 0.745. The molecule has 0 aliphatic heterocycles. The van der Waals surface area contributed by atoms with Crippen LogP contribution in [0.5, 0.6) is 0 Å². The summed E-state index contributed by atoms with van der Waals surface area (Å²) < 4.78 is 0. The summed E-state index contributed by atoms with van der Waals surface area (Å²) in [5.41, 5.74) is 1.96. The van der Waals surface area contributed by atoms with Gasteiger partial charge in [0.05, 0.1) is 0 Å². The van der Waals surface area contributed by atoms with Crippen molar-refractivity contribution in [3.63, 3.8) is 0 Å². The van der Waals surface area contributed by atoms with Crippen molar-refractivity contribution in [1.82, 2.24) is 10.2 Å². The fraction of sp³-hybridized carbons (Fsp3) is 0.778. The quantitative estimate of drug-likeness (QED) is 0.767. The molecule has 0 bridgehead atoms. The summed E-state index contributed by atoms with van der Waals surface area (Å²) in [6.45, 7) is 9.25. The van der Waals surface area contributed by atoms with E-state index in [0.717, 1.165) is 19.0 Å². The molecule has 0 atom stereocenters. The van der Waals surface area contributed by atoms with Gasteiger partial charge < -0.3 is 10.2 Å². The summed E-state index contributed by atoms with van der Waals surface area (Å²) in [4.78, 5) is 2.53. The molecule has 1 aromatic rings. The first kappa shape index (κ1) is 17.0. The molecule has 0 unspecified atom stereocenters. The van der Waals surface area contributed by atoms with Gasteiger partial charge in [-0.2, -0.15) is 11.3 Å². The molecule has 1 heterocycles. The Morgan fingerprint density at radius 2 is 2.05 bits per heavy atom. The number of thiophene rings is 1. The summed E-state index contributed by atoms with van der Waals surface area (Å²) >= 11 is 1.80. The molecule has 3 heteroatoms. The van der Waals surface area contributed by atoms with Crippen molar-refractivity contribution in [3.05, 3.63) is 22.4 Å². The van der Waals surface area contributed by atoms with Crippen LogP contribution in [-0.2, 0) is 6.54 Å². The van der Waals surface area contributed by atoms with E-state index in [4.69, 9.17) is 0 Å². The highest BCUT2D eigenvalue weighted by atomic mass is 32.1. The molecule has 120 valence electrons. The van der Waals surface area contributed by atoms with Crippen LogP contribution in [-0.4, -0.2) is 31.6 Å². The van der Waals surface area contributed by atoms with Crippen LogP contribution >= 0.6 is 11.3 Å². The lowest BCUT2D eigenvalue weighted by Crippen LogP contribution is -2.44. The van der Waals surface area contributed by atoms with E-state index < -0.39 is 0 Å². The fourth-order valence-corrected chi connectivity index (χ4v) is 4.30. The topological polar surface area (TPSA) is 15.3 Å². The molecule has 0 aromatic carbocycles. The Morgan fingerprint density at radius 1 is 1.29 bits per heavy atom. The van der Waals surface area contributed by atoms with Crippen LogP contribution in [0.15, 0.2) is 16.8 Å². The monoisotopic (exact) mass is 308 g/mol. The lowest BCUT2D eigenvalue weighted by molar-refractivity contribution is 0.113. The maximum atomic E-state index is 3.73.